The molecule has 0 aliphatic heterocycles. The number of rotatable bonds is 0. The highest BCUT2D eigenvalue weighted by molar-refractivity contribution is 7.80. The van der Waals surface area contributed by atoms with Crippen LogP contribution in [0.2, 0.25) is 0 Å². The predicted molar refractivity (Wildman–Crippen MR) is 45.6 cm³/mol. The van der Waals surface area contributed by atoms with E-state index in [2.05, 4.69) is 23.7 Å². The number of hydrogen-bond donors (Lipinski definition) is 2. The average Bonchev–Trinajstić information content (AvgIpc) is 2.33. The molecule has 0 amide bonds. The van der Waals surface area contributed by atoms with Crippen molar-refractivity contribution >= 4 is 12.6 Å². The van der Waals surface area contributed by atoms with E-state index >= 15 is 0 Å². The van der Waals surface area contributed by atoms with Crippen LogP contribution in [0.1, 0.15) is 17.7 Å². The molecule has 1 unspecified atom stereocenters. The van der Waals surface area contributed by atoms with E-state index in [1.807, 2.05) is 6.20 Å². The first-order chi connectivity index (χ1) is 4.86. The second kappa shape index (κ2) is 2.35. The van der Waals surface area contributed by atoms with Crippen LogP contribution in [0.5, 0.6) is 0 Å². The Morgan fingerprint density at radius 1 is 1.60 bits per heavy atom. The maximum atomic E-state index is 4.45. The molecule has 0 fully saturated rings. The Balaban J connectivity index is 2.30. The molecule has 0 spiro atoms. The number of aryl methyl sites for hydroxylation is 1. The largest absolute Gasteiger partial charge is 0.365 e. The van der Waals surface area contributed by atoms with Gasteiger partial charge in [0, 0.05) is 17.1 Å². The molecule has 54 valence electrons. The summed E-state index contributed by atoms with van der Waals surface area (Å²) < 4.78 is 0. The minimum atomic E-state index is 0.586. The maximum absolute atomic E-state index is 4.45. The summed E-state index contributed by atoms with van der Waals surface area (Å²) in [5.41, 5.74) is 2.89. The van der Waals surface area contributed by atoms with Crippen LogP contribution in [-0.2, 0) is 12.8 Å². The monoisotopic (exact) mass is 153 g/mol. The van der Waals surface area contributed by atoms with Gasteiger partial charge in [-0.2, -0.15) is 12.6 Å². The Kier molecular flexibility index (Phi) is 1.49. The molecule has 0 bridgehead atoms. The van der Waals surface area contributed by atoms with Crippen LogP contribution in [0.3, 0.4) is 0 Å². The molecular formula is C8H11NS. The molecule has 1 aromatic rings. The Labute approximate surface area is 66.2 Å². The van der Waals surface area contributed by atoms with Crippen molar-refractivity contribution in [3.8, 4) is 0 Å². The molecule has 1 aromatic heterocycles. The van der Waals surface area contributed by atoms with E-state index < -0.39 is 0 Å². The summed E-state index contributed by atoms with van der Waals surface area (Å²) in [4.78, 5) is 3.24. The zero-order valence-electron chi connectivity index (χ0n) is 5.80. The summed E-state index contributed by atoms with van der Waals surface area (Å²) >= 11 is 4.45. The number of fused-ring (bicyclic) bond motifs is 1. The van der Waals surface area contributed by atoms with Crippen molar-refractivity contribution < 1.29 is 0 Å². The van der Waals surface area contributed by atoms with Gasteiger partial charge < -0.3 is 4.98 Å². The molecule has 0 aromatic carbocycles. The van der Waals surface area contributed by atoms with Gasteiger partial charge in [-0.15, -0.1) is 0 Å². The highest BCUT2D eigenvalue weighted by atomic mass is 32.1. The second-order valence-electron chi connectivity index (χ2n) is 2.88. The molecule has 0 saturated carbocycles. The van der Waals surface area contributed by atoms with E-state index in [0.717, 1.165) is 6.42 Å². The minimum Gasteiger partial charge on any atom is -0.365 e. The highest BCUT2D eigenvalue weighted by Crippen LogP contribution is 2.22. The first kappa shape index (κ1) is 6.35. The maximum Gasteiger partial charge on any atom is 0.0180 e. The lowest BCUT2D eigenvalue weighted by molar-refractivity contribution is 0.697. The third kappa shape index (κ3) is 0.966. The molecule has 1 aliphatic rings. The summed E-state index contributed by atoms with van der Waals surface area (Å²) in [5, 5.41) is 0.586. The van der Waals surface area contributed by atoms with E-state index in [9.17, 15) is 0 Å². The first-order valence-electron chi connectivity index (χ1n) is 3.69. The van der Waals surface area contributed by atoms with Crippen molar-refractivity contribution in [1.29, 1.82) is 0 Å². The number of H-pyrrole nitrogens is 1. The van der Waals surface area contributed by atoms with Crippen LogP contribution in [-0.4, -0.2) is 10.2 Å². The van der Waals surface area contributed by atoms with Gasteiger partial charge in [-0.3, -0.25) is 0 Å². The van der Waals surface area contributed by atoms with Crippen LogP contribution >= 0.6 is 12.6 Å². The van der Waals surface area contributed by atoms with Gasteiger partial charge in [0.1, 0.15) is 0 Å². The first-order valence-corrected chi connectivity index (χ1v) is 4.21. The number of hydrogen-bond acceptors (Lipinski definition) is 1. The van der Waals surface area contributed by atoms with Crippen molar-refractivity contribution in [3.05, 3.63) is 23.5 Å². The molecule has 1 aliphatic carbocycles. The lowest BCUT2D eigenvalue weighted by atomic mass is 9.98. The quantitative estimate of drug-likeness (QED) is 0.529. The van der Waals surface area contributed by atoms with E-state index in [1.165, 1.54) is 24.1 Å². The van der Waals surface area contributed by atoms with Gasteiger partial charge in [0.2, 0.25) is 0 Å². The number of aromatic nitrogens is 1. The second-order valence-corrected chi connectivity index (χ2v) is 3.61. The van der Waals surface area contributed by atoms with Gasteiger partial charge in [0.05, 0.1) is 0 Å². The SMILES string of the molecule is SC1CCc2[nH]ccc2C1. The van der Waals surface area contributed by atoms with Crippen molar-refractivity contribution in [2.24, 2.45) is 0 Å². The summed E-state index contributed by atoms with van der Waals surface area (Å²) in [6.07, 6.45) is 5.56. The van der Waals surface area contributed by atoms with Crippen LogP contribution in [0.25, 0.3) is 0 Å². The smallest absolute Gasteiger partial charge is 0.0180 e. The molecule has 2 rings (SSSR count). The molecular weight excluding hydrogens is 142 g/mol. The number of aromatic amines is 1. The number of thiol groups is 1. The molecule has 1 atom stereocenters. The fourth-order valence-electron chi connectivity index (χ4n) is 1.53. The summed E-state index contributed by atoms with van der Waals surface area (Å²) in [6, 6.07) is 2.16. The molecule has 0 radical (unpaired) electrons. The summed E-state index contributed by atoms with van der Waals surface area (Å²) in [6.45, 7) is 0. The van der Waals surface area contributed by atoms with Crippen LogP contribution in [0.4, 0.5) is 0 Å². The molecule has 1 nitrogen and oxygen atoms in total. The highest BCUT2D eigenvalue weighted by Gasteiger charge is 2.15. The van der Waals surface area contributed by atoms with Gasteiger partial charge in [-0.1, -0.05) is 0 Å². The van der Waals surface area contributed by atoms with Gasteiger partial charge in [-0.05, 0) is 30.9 Å². The Bertz CT molecular complexity index is 229. The molecule has 0 saturated heterocycles. The van der Waals surface area contributed by atoms with Gasteiger partial charge in [0.15, 0.2) is 0 Å². The van der Waals surface area contributed by atoms with Crippen LogP contribution in [0.15, 0.2) is 12.3 Å². The van der Waals surface area contributed by atoms with E-state index in [1.54, 1.807) is 0 Å². The van der Waals surface area contributed by atoms with Crippen LogP contribution < -0.4 is 0 Å². The van der Waals surface area contributed by atoms with Gasteiger partial charge >= 0.3 is 0 Å². The van der Waals surface area contributed by atoms with Gasteiger partial charge in [0.25, 0.3) is 0 Å². The lowest BCUT2D eigenvalue weighted by Gasteiger charge is -2.16. The lowest BCUT2D eigenvalue weighted by Crippen LogP contribution is -2.12. The molecule has 1 N–H and O–H groups in total. The van der Waals surface area contributed by atoms with Crippen molar-refractivity contribution in [3.63, 3.8) is 0 Å². The standard InChI is InChI=1S/C8H11NS/c10-7-1-2-8-6(5-7)3-4-9-8/h3-4,7,9-10H,1-2,5H2. The molecule has 1 heterocycles. The van der Waals surface area contributed by atoms with Crippen molar-refractivity contribution in [1.82, 2.24) is 4.98 Å². The topological polar surface area (TPSA) is 15.8 Å². The van der Waals surface area contributed by atoms with Gasteiger partial charge in [-0.25, -0.2) is 0 Å². The molecule has 2 heteroatoms. The molecule has 10 heavy (non-hydrogen) atoms. The number of nitrogens with one attached hydrogen (secondary N) is 1. The third-order valence-corrected chi connectivity index (χ3v) is 2.55. The summed E-state index contributed by atoms with van der Waals surface area (Å²) in [7, 11) is 0. The van der Waals surface area contributed by atoms with Crippen molar-refractivity contribution in [2.75, 3.05) is 0 Å². The average molecular weight is 153 g/mol. The fraction of sp³-hybridized carbons (Fsp3) is 0.500. The van der Waals surface area contributed by atoms with Crippen molar-refractivity contribution in [2.45, 2.75) is 24.5 Å². The fourth-order valence-corrected chi connectivity index (χ4v) is 1.85. The van der Waals surface area contributed by atoms with Crippen LogP contribution in [0, 0.1) is 0 Å². The zero-order valence-corrected chi connectivity index (χ0v) is 6.70. The summed E-state index contributed by atoms with van der Waals surface area (Å²) in [5.74, 6) is 0. The zero-order chi connectivity index (χ0) is 6.97. The van der Waals surface area contributed by atoms with E-state index in [4.69, 9.17) is 0 Å². The Hall–Kier alpha value is -0.370. The Morgan fingerprint density at radius 3 is 3.40 bits per heavy atom. The normalized spacial score (nSPS) is 24.3. The van der Waals surface area contributed by atoms with E-state index in [-0.39, 0.29) is 0 Å². The predicted octanol–water partition coefficient (Wildman–Crippen LogP) is 1.80. The van der Waals surface area contributed by atoms with E-state index in [0.29, 0.717) is 5.25 Å². The minimum absolute atomic E-state index is 0.586. The third-order valence-electron chi connectivity index (χ3n) is 2.11. The Morgan fingerprint density at radius 2 is 2.50 bits per heavy atom.